The summed E-state index contributed by atoms with van der Waals surface area (Å²) in [5.74, 6) is -0.790. The summed E-state index contributed by atoms with van der Waals surface area (Å²) in [6, 6.07) is 0. The lowest BCUT2D eigenvalue weighted by molar-refractivity contribution is -0.151. The maximum absolute atomic E-state index is 11.6. The van der Waals surface area contributed by atoms with Gasteiger partial charge in [0.2, 0.25) is 5.91 Å². The van der Waals surface area contributed by atoms with Crippen molar-refractivity contribution < 1.29 is 23.8 Å². The van der Waals surface area contributed by atoms with E-state index in [4.69, 9.17) is 14.2 Å². The van der Waals surface area contributed by atoms with E-state index in [1.54, 1.807) is 14.0 Å². The van der Waals surface area contributed by atoms with E-state index >= 15 is 0 Å². The van der Waals surface area contributed by atoms with Crippen LogP contribution < -0.4 is 5.32 Å². The monoisotopic (exact) mass is 261 g/mol. The maximum atomic E-state index is 11.6. The van der Waals surface area contributed by atoms with E-state index in [0.717, 1.165) is 6.42 Å². The fourth-order valence-corrected chi connectivity index (χ4v) is 1.59. The number of amides is 1. The third kappa shape index (κ3) is 5.97. The quantitative estimate of drug-likeness (QED) is 0.483. The van der Waals surface area contributed by atoms with Gasteiger partial charge in [-0.25, -0.2) is 4.79 Å². The average molecular weight is 261 g/mol. The minimum absolute atomic E-state index is 0.0976. The molecule has 0 saturated carbocycles. The SMILES string of the molecule is CCCC(C)(NC(=O)COCCOC)C(=O)OC. The molecule has 0 aromatic heterocycles. The maximum Gasteiger partial charge on any atom is 0.331 e. The van der Waals surface area contributed by atoms with Crippen molar-refractivity contribution in [1.82, 2.24) is 5.32 Å². The van der Waals surface area contributed by atoms with Gasteiger partial charge in [0.1, 0.15) is 12.1 Å². The Labute approximate surface area is 108 Å². The molecular formula is C12H23NO5. The van der Waals surface area contributed by atoms with Crippen molar-refractivity contribution in [3.8, 4) is 0 Å². The van der Waals surface area contributed by atoms with Gasteiger partial charge in [-0.05, 0) is 13.3 Å². The normalized spacial score (nSPS) is 13.8. The molecule has 0 aromatic carbocycles. The molecule has 0 fully saturated rings. The lowest BCUT2D eigenvalue weighted by Crippen LogP contribution is -2.53. The molecule has 0 spiro atoms. The number of esters is 1. The number of nitrogens with one attached hydrogen (secondary N) is 1. The smallest absolute Gasteiger partial charge is 0.331 e. The van der Waals surface area contributed by atoms with Gasteiger partial charge in [-0.1, -0.05) is 13.3 Å². The number of hydrogen-bond donors (Lipinski definition) is 1. The Morgan fingerprint density at radius 1 is 1.22 bits per heavy atom. The van der Waals surface area contributed by atoms with E-state index in [2.05, 4.69) is 5.32 Å². The molecule has 1 amide bonds. The average Bonchev–Trinajstić information content (AvgIpc) is 2.33. The highest BCUT2D eigenvalue weighted by molar-refractivity contribution is 5.88. The first-order chi connectivity index (χ1) is 8.50. The van der Waals surface area contributed by atoms with Gasteiger partial charge in [-0.2, -0.15) is 0 Å². The predicted molar refractivity (Wildman–Crippen MR) is 66.2 cm³/mol. The zero-order valence-electron chi connectivity index (χ0n) is 11.6. The topological polar surface area (TPSA) is 73.9 Å². The minimum Gasteiger partial charge on any atom is -0.467 e. The molecule has 0 rings (SSSR count). The first-order valence-corrected chi connectivity index (χ1v) is 5.96. The Bertz CT molecular complexity index is 269. The summed E-state index contributed by atoms with van der Waals surface area (Å²) in [6.45, 7) is 4.25. The van der Waals surface area contributed by atoms with Gasteiger partial charge in [0, 0.05) is 7.11 Å². The second-order valence-corrected chi connectivity index (χ2v) is 4.17. The highest BCUT2D eigenvalue weighted by atomic mass is 16.5. The van der Waals surface area contributed by atoms with Crippen molar-refractivity contribution in [2.75, 3.05) is 34.0 Å². The Kier molecular flexibility index (Phi) is 8.32. The number of methoxy groups -OCH3 is 2. The summed E-state index contributed by atoms with van der Waals surface area (Å²) in [5.41, 5.74) is -0.995. The van der Waals surface area contributed by atoms with E-state index in [1.165, 1.54) is 7.11 Å². The third-order valence-corrected chi connectivity index (χ3v) is 2.47. The van der Waals surface area contributed by atoms with Crippen LogP contribution in [0.5, 0.6) is 0 Å². The second kappa shape index (κ2) is 8.88. The van der Waals surface area contributed by atoms with Gasteiger partial charge < -0.3 is 19.5 Å². The Hall–Kier alpha value is -1.14. The number of carbonyl (C=O) groups is 2. The van der Waals surface area contributed by atoms with Crippen LogP contribution in [-0.2, 0) is 23.8 Å². The van der Waals surface area contributed by atoms with Crippen molar-refractivity contribution in [2.24, 2.45) is 0 Å². The minimum atomic E-state index is -0.995. The molecule has 0 saturated heterocycles. The molecular weight excluding hydrogens is 238 g/mol. The highest BCUT2D eigenvalue weighted by Crippen LogP contribution is 2.14. The van der Waals surface area contributed by atoms with Crippen LogP contribution in [-0.4, -0.2) is 51.5 Å². The summed E-state index contributed by atoms with van der Waals surface area (Å²) in [6.07, 6.45) is 1.28. The van der Waals surface area contributed by atoms with E-state index in [1.807, 2.05) is 6.92 Å². The molecule has 1 unspecified atom stereocenters. The Morgan fingerprint density at radius 3 is 2.39 bits per heavy atom. The van der Waals surface area contributed by atoms with Crippen LogP contribution in [0.1, 0.15) is 26.7 Å². The van der Waals surface area contributed by atoms with Crippen molar-refractivity contribution in [3.63, 3.8) is 0 Å². The molecule has 1 atom stereocenters. The molecule has 6 heteroatoms. The fraction of sp³-hybridized carbons (Fsp3) is 0.833. The van der Waals surface area contributed by atoms with Crippen LogP contribution in [0.2, 0.25) is 0 Å². The molecule has 0 aliphatic carbocycles. The zero-order valence-corrected chi connectivity index (χ0v) is 11.6. The van der Waals surface area contributed by atoms with Gasteiger partial charge in [0.05, 0.1) is 20.3 Å². The van der Waals surface area contributed by atoms with E-state index in [9.17, 15) is 9.59 Å². The number of hydrogen-bond acceptors (Lipinski definition) is 5. The van der Waals surface area contributed by atoms with Crippen LogP contribution in [0.25, 0.3) is 0 Å². The number of rotatable bonds is 9. The summed E-state index contributed by atoms with van der Waals surface area (Å²) >= 11 is 0. The summed E-state index contributed by atoms with van der Waals surface area (Å²) in [4.78, 5) is 23.3. The van der Waals surface area contributed by atoms with Crippen molar-refractivity contribution >= 4 is 11.9 Å². The number of carbonyl (C=O) groups excluding carboxylic acids is 2. The fourth-order valence-electron chi connectivity index (χ4n) is 1.59. The van der Waals surface area contributed by atoms with Gasteiger partial charge >= 0.3 is 5.97 Å². The van der Waals surface area contributed by atoms with Gasteiger partial charge in [0.15, 0.2) is 0 Å². The molecule has 6 nitrogen and oxygen atoms in total. The summed E-state index contributed by atoms with van der Waals surface area (Å²) in [5, 5.41) is 2.64. The van der Waals surface area contributed by atoms with Gasteiger partial charge in [-0.3, -0.25) is 4.79 Å². The Balaban J connectivity index is 4.23. The van der Waals surface area contributed by atoms with E-state index in [-0.39, 0.29) is 12.5 Å². The van der Waals surface area contributed by atoms with E-state index < -0.39 is 11.5 Å². The lowest BCUT2D eigenvalue weighted by Gasteiger charge is -2.27. The highest BCUT2D eigenvalue weighted by Gasteiger charge is 2.34. The summed E-state index contributed by atoms with van der Waals surface area (Å²) in [7, 11) is 2.86. The predicted octanol–water partition coefficient (Wildman–Crippen LogP) is 0.497. The molecule has 0 radical (unpaired) electrons. The molecule has 18 heavy (non-hydrogen) atoms. The van der Waals surface area contributed by atoms with Crippen LogP contribution in [0.3, 0.4) is 0 Å². The van der Waals surface area contributed by atoms with Crippen LogP contribution in [0.15, 0.2) is 0 Å². The van der Waals surface area contributed by atoms with Gasteiger partial charge in [0.25, 0.3) is 0 Å². The molecule has 0 bridgehead atoms. The van der Waals surface area contributed by atoms with Crippen molar-refractivity contribution in [1.29, 1.82) is 0 Å². The van der Waals surface area contributed by atoms with Crippen molar-refractivity contribution in [3.05, 3.63) is 0 Å². The second-order valence-electron chi connectivity index (χ2n) is 4.17. The first-order valence-electron chi connectivity index (χ1n) is 5.96. The van der Waals surface area contributed by atoms with Crippen LogP contribution >= 0.6 is 0 Å². The van der Waals surface area contributed by atoms with Gasteiger partial charge in [-0.15, -0.1) is 0 Å². The molecule has 0 aliphatic heterocycles. The lowest BCUT2D eigenvalue weighted by atomic mass is 9.96. The Morgan fingerprint density at radius 2 is 1.89 bits per heavy atom. The molecule has 1 N–H and O–H groups in total. The molecule has 0 heterocycles. The first kappa shape index (κ1) is 16.9. The standard InChI is InChI=1S/C12H23NO5/c1-5-6-12(2,11(15)17-4)13-10(14)9-18-8-7-16-3/h5-9H2,1-4H3,(H,13,14). The largest absolute Gasteiger partial charge is 0.467 e. The summed E-state index contributed by atoms with van der Waals surface area (Å²) < 4.78 is 14.6. The molecule has 0 aliphatic rings. The molecule has 0 aromatic rings. The number of ether oxygens (including phenoxy) is 3. The molecule has 106 valence electrons. The van der Waals surface area contributed by atoms with Crippen molar-refractivity contribution in [2.45, 2.75) is 32.2 Å². The van der Waals surface area contributed by atoms with E-state index in [0.29, 0.717) is 19.6 Å². The van der Waals surface area contributed by atoms with Crippen LogP contribution in [0.4, 0.5) is 0 Å². The van der Waals surface area contributed by atoms with Crippen LogP contribution in [0, 0.1) is 0 Å². The third-order valence-electron chi connectivity index (χ3n) is 2.47. The zero-order chi connectivity index (χ0) is 14.0.